The van der Waals surface area contributed by atoms with E-state index in [9.17, 15) is 27.6 Å². The molecule has 2 atom stereocenters. The number of carbonyl (C=O) groups excluding carboxylic acids is 3. The zero-order valence-electron chi connectivity index (χ0n) is 15.0. The molecular weight excluding hydrogens is 443 g/mol. The number of halogens is 4. The lowest BCUT2D eigenvalue weighted by Gasteiger charge is -2.36. The summed E-state index contributed by atoms with van der Waals surface area (Å²) in [5.74, 6) is -1.25. The Morgan fingerprint density at radius 2 is 2.07 bits per heavy atom. The SMILES string of the molecule is CC1CCCCC12NC(=O)N(CC(=O)Nc1ccc(Br)c(C(F)(F)F)c1)C2=O. The fourth-order valence-corrected chi connectivity index (χ4v) is 4.27. The van der Waals surface area contributed by atoms with Crippen LogP contribution in [0.4, 0.5) is 23.7 Å². The molecule has 1 aliphatic heterocycles. The van der Waals surface area contributed by atoms with E-state index >= 15 is 0 Å². The number of benzene rings is 1. The van der Waals surface area contributed by atoms with Crippen LogP contribution in [0.5, 0.6) is 0 Å². The van der Waals surface area contributed by atoms with Gasteiger partial charge in [-0.3, -0.25) is 14.5 Å². The van der Waals surface area contributed by atoms with E-state index in [0.717, 1.165) is 30.2 Å². The first kappa shape index (κ1) is 20.6. The van der Waals surface area contributed by atoms with E-state index in [2.05, 4.69) is 26.6 Å². The normalized spacial score (nSPS) is 25.2. The summed E-state index contributed by atoms with van der Waals surface area (Å²) in [6.45, 7) is 1.33. The molecule has 10 heteroatoms. The minimum absolute atomic E-state index is 0.0495. The second-order valence-electron chi connectivity index (χ2n) is 7.18. The third-order valence-corrected chi connectivity index (χ3v) is 6.05. The Kier molecular flexibility index (Phi) is 5.44. The standard InChI is InChI=1S/C18H19BrF3N3O3/c1-10-4-2-3-7-17(10)15(27)25(16(28)24-17)9-14(26)23-11-5-6-13(19)12(8-11)18(20,21)22/h5-6,8,10H,2-4,7,9H2,1H3,(H,23,26)(H,24,28). The number of rotatable bonds is 3. The highest BCUT2D eigenvalue weighted by molar-refractivity contribution is 9.10. The molecule has 1 spiro atoms. The van der Waals surface area contributed by atoms with Crippen molar-refractivity contribution < 1.29 is 27.6 Å². The van der Waals surface area contributed by atoms with Crippen LogP contribution in [0.3, 0.4) is 0 Å². The van der Waals surface area contributed by atoms with Gasteiger partial charge >= 0.3 is 12.2 Å². The third kappa shape index (κ3) is 3.74. The lowest BCUT2D eigenvalue weighted by molar-refractivity contribution is -0.138. The molecule has 0 radical (unpaired) electrons. The zero-order chi connectivity index (χ0) is 20.7. The van der Waals surface area contributed by atoms with E-state index in [1.54, 1.807) is 0 Å². The predicted molar refractivity (Wildman–Crippen MR) is 98.4 cm³/mol. The first-order valence-corrected chi connectivity index (χ1v) is 9.64. The van der Waals surface area contributed by atoms with Gasteiger partial charge in [-0.05, 0) is 37.0 Å². The van der Waals surface area contributed by atoms with Crippen LogP contribution in [0.1, 0.15) is 38.2 Å². The summed E-state index contributed by atoms with van der Waals surface area (Å²) in [7, 11) is 0. The van der Waals surface area contributed by atoms with Gasteiger partial charge in [0.25, 0.3) is 5.91 Å². The molecule has 0 aromatic heterocycles. The molecule has 2 N–H and O–H groups in total. The maximum atomic E-state index is 13.0. The van der Waals surface area contributed by atoms with Crippen molar-refractivity contribution in [1.29, 1.82) is 0 Å². The maximum Gasteiger partial charge on any atom is 0.417 e. The summed E-state index contributed by atoms with van der Waals surface area (Å²) < 4.78 is 38.8. The maximum absolute atomic E-state index is 13.0. The lowest BCUT2D eigenvalue weighted by Crippen LogP contribution is -2.54. The van der Waals surface area contributed by atoms with Crippen LogP contribution in [0, 0.1) is 5.92 Å². The molecule has 1 aromatic rings. The molecule has 1 aromatic carbocycles. The highest BCUT2D eigenvalue weighted by atomic mass is 79.9. The third-order valence-electron chi connectivity index (χ3n) is 5.36. The molecule has 1 saturated heterocycles. The van der Waals surface area contributed by atoms with Crippen molar-refractivity contribution in [3.8, 4) is 0 Å². The van der Waals surface area contributed by atoms with Gasteiger partial charge in [0.15, 0.2) is 0 Å². The Morgan fingerprint density at radius 3 is 2.71 bits per heavy atom. The number of carbonyl (C=O) groups is 3. The number of nitrogens with zero attached hydrogens (tertiary/aromatic N) is 1. The fourth-order valence-electron chi connectivity index (χ4n) is 3.80. The number of imide groups is 1. The Hall–Kier alpha value is -2.10. The molecule has 1 heterocycles. The van der Waals surface area contributed by atoms with Crippen molar-refractivity contribution in [3.05, 3.63) is 28.2 Å². The molecule has 2 fully saturated rings. The fraction of sp³-hybridized carbons (Fsp3) is 0.500. The number of hydrogen-bond donors (Lipinski definition) is 2. The molecule has 2 unspecified atom stereocenters. The number of nitrogens with one attached hydrogen (secondary N) is 2. The molecule has 3 rings (SSSR count). The Bertz CT molecular complexity index is 830. The average Bonchev–Trinajstić information content (AvgIpc) is 2.83. The van der Waals surface area contributed by atoms with E-state index in [1.165, 1.54) is 12.1 Å². The van der Waals surface area contributed by atoms with Crippen molar-refractivity contribution >= 4 is 39.5 Å². The number of urea groups is 1. The minimum Gasteiger partial charge on any atom is -0.325 e. The van der Waals surface area contributed by atoms with Gasteiger partial charge < -0.3 is 10.6 Å². The van der Waals surface area contributed by atoms with Crippen LogP contribution in [-0.4, -0.2) is 34.8 Å². The van der Waals surface area contributed by atoms with Crippen molar-refractivity contribution in [2.24, 2.45) is 5.92 Å². The van der Waals surface area contributed by atoms with E-state index in [4.69, 9.17) is 0 Å². The number of amides is 4. The molecule has 1 saturated carbocycles. The summed E-state index contributed by atoms with van der Waals surface area (Å²) in [6.07, 6.45) is -1.51. The summed E-state index contributed by atoms with van der Waals surface area (Å²) in [4.78, 5) is 38.2. The Labute approximate surface area is 168 Å². The van der Waals surface area contributed by atoms with E-state index in [-0.39, 0.29) is 16.1 Å². The number of alkyl halides is 3. The second-order valence-corrected chi connectivity index (χ2v) is 8.03. The molecule has 2 aliphatic rings. The van der Waals surface area contributed by atoms with Gasteiger partial charge in [-0.15, -0.1) is 0 Å². The predicted octanol–water partition coefficient (Wildman–Crippen LogP) is 3.91. The summed E-state index contributed by atoms with van der Waals surface area (Å²) in [5.41, 5.74) is -2.00. The van der Waals surface area contributed by atoms with Crippen LogP contribution in [0.25, 0.3) is 0 Å². The van der Waals surface area contributed by atoms with Gasteiger partial charge in [0.05, 0.1) is 5.56 Å². The second kappa shape index (κ2) is 7.38. The first-order valence-electron chi connectivity index (χ1n) is 8.85. The highest BCUT2D eigenvalue weighted by Crippen LogP contribution is 2.38. The minimum atomic E-state index is -4.59. The van der Waals surface area contributed by atoms with Gasteiger partial charge in [0.2, 0.25) is 5.91 Å². The summed E-state index contributed by atoms with van der Waals surface area (Å²) >= 11 is 2.83. The van der Waals surface area contributed by atoms with Crippen LogP contribution in [0.2, 0.25) is 0 Å². The average molecular weight is 462 g/mol. The smallest absolute Gasteiger partial charge is 0.325 e. The van der Waals surface area contributed by atoms with Gasteiger partial charge in [-0.1, -0.05) is 35.7 Å². The van der Waals surface area contributed by atoms with Crippen molar-refractivity contribution in [3.63, 3.8) is 0 Å². The lowest BCUT2D eigenvalue weighted by atomic mass is 9.73. The highest BCUT2D eigenvalue weighted by Gasteiger charge is 2.55. The number of hydrogen-bond acceptors (Lipinski definition) is 3. The Balaban J connectivity index is 1.72. The molecule has 6 nitrogen and oxygen atoms in total. The van der Waals surface area contributed by atoms with Gasteiger partial charge in [-0.25, -0.2) is 4.79 Å². The molecule has 0 bridgehead atoms. The monoisotopic (exact) mass is 461 g/mol. The van der Waals surface area contributed by atoms with Crippen LogP contribution >= 0.6 is 15.9 Å². The molecule has 152 valence electrons. The molecule has 28 heavy (non-hydrogen) atoms. The number of anilines is 1. The quantitative estimate of drug-likeness (QED) is 0.669. The molecular formula is C18H19BrF3N3O3. The first-order chi connectivity index (χ1) is 13.0. The van der Waals surface area contributed by atoms with Crippen LogP contribution < -0.4 is 10.6 Å². The topological polar surface area (TPSA) is 78.5 Å². The van der Waals surface area contributed by atoms with Crippen LogP contribution in [0.15, 0.2) is 22.7 Å². The van der Waals surface area contributed by atoms with Gasteiger partial charge in [0, 0.05) is 10.2 Å². The summed E-state index contributed by atoms with van der Waals surface area (Å²) in [6, 6.07) is 2.61. The van der Waals surface area contributed by atoms with E-state index in [1.807, 2.05) is 6.92 Å². The Morgan fingerprint density at radius 1 is 1.36 bits per heavy atom. The summed E-state index contributed by atoms with van der Waals surface area (Å²) in [5, 5.41) is 5.05. The van der Waals surface area contributed by atoms with Gasteiger partial charge in [0.1, 0.15) is 12.1 Å². The molecule has 4 amide bonds. The van der Waals surface area contributed by atoms with E-state index < -0.39 is 41.7 Å². The van der Waals surface area contributed by atoms with Crippen molar-refractivity contribution in [2.45, 2.75) is 44.3 Å². The van der Waals surface area contributed by atoms with Crippen molar-refractivity contribution in [1.82, 2.24) is 10.2 Å². The zero-order valence-corrected chi connectivity index (χ0v) is 16.6. The largest absolute Gasteiger partial charge is 0.417 e. The molecule has 1 aliphatic carbocycles. The van der Waals surface area contributed by atoms with Crippen molar-refractivity contribution in [2.75, 3.05) is 11.9 Å². The van der Waals surface area contributed by atoms with E-state index in [0.29, 0.717) is 6.42 Å². The van der Waals surface area contributed by atoms with Crippen LogP contribution in [-0.2, 0) is 15.8 Å². The van der Waals surface area contributed by atoms with Gasteiger partial charge in [-0.2, -0.15) is 13.2 Å².